The van der Waals surface area contributed by atoms with Gasteiger partial charge in [-0.1, -0.05) is 0 Å². The summed E-state index contributed by atoms with van der Waals surface area (Å²) in [5.74, 6) is 0.200. The minimum Gasteiger partial charge on any atom is -0.396 e. The number of carbonyl (C=O) groups excluding carboxylic acids is 1. The number of hydrogen-bond donors (Lipinski definition) is 1. The van der Waals surface area contributed by atoms with Crippen LogP contribution in [-0.4, -0.2) is 29.1 Å². The van der Waals surface area contributed by atoms with Crippen molar-refractivity contribution in [2.24, 2.45) is 5.92 Å². The summed E-state index contributed by atoms with van der Waals surface area (Å²) in [6.45, 7) is 0.388. The summed E-state index contributed by atoms with van der Waals surface area (Å²) in [6.07, 6.45) is 1.86. The molecule has 1 amide bonds. The Morgan fingerprint density at radius 2 is 2.47 bits per heavy atom. The van der Waals surface area contributed by atoms with Crippen LogP contribution >= 0.6 is 15.9 Å². The van der Waals surface area contributed by atoms with E-state index in [4.69, 9.17) is 10.4 Å². The molecule has 0 aromatic carbocycles. The second-order valence-electron chi connectivity index (χ2n) is 3.89. The summed E-state index contributed by atoms with van der Waals surface area (Å²) in [6, 6.07) is 3.64. The van der Waals surface area contributed by atoms with E-state index < -0.39 is 0 Å². The zero-order chi connectivity index (χ0) is 12.4. The molecule has 88 valence electrons. The van der Waals surface area contributed by atoms with Gasteiger partial charge in [0.15, 0.2) is 5.82 Å². The first-order valence-electron chi connectivity index (χ1n) is 5.12. The first kappa shape index (κ1) is 12.0. The molecular formula is C11H10BrN3O2. The van der Waals surface area contributed by atoms with Crippen LogP contribution in [0.15, 0.2) is 16.7 Å². The van der Waals surface area contributed by atoms with Crippen molar-refractivity contribution in [1.29, 1.82) is 5.26 Å². The second kappa shape index (κ2) is 4.82. The Labute approximate surface area is 107 Å². The largest absolute Gasteiger partial charge is 0.396 e. The molecule has 17 heavy (non-hydrogen) atoms. The normalized spacial score (nSPS) is 19.5. The number of pyridine rings is 1. The van der Waals surface area contributed by atoms with Crippen molar-refractivity contribution in [3.8, 4) is 6.07 Å². The molecular weight excluding hydrogens is 286 g/mol. The molecule has 0 saturated carbocycles. The molecule has 0 radical (unpaired) electrons. The van der Waals surface area contributed by atoms with Gasteiger partial charge >= 0.3 is 0 Å². The average molecular weight is 296 g/mol. The number of halogens is 1. The fraction of sp³-hybridized carbons (Fsp3) is 0.364. The van der Waals surface area contributed by atoms with Crippen LogP contribution in [0.2, 0.25) is 0 Å². The molecule has 1 atom stereocenters. The number of nitriles is 1. The maximum Gasteiger partial charge on any atom is 0.228 e. The number of aliphatic hydroxyl groups excluding tert-OH is 1. The van der Waals surface area contributed by atoms with Crippen molar-refractivity contribution in [2.75, 3.05) is 18.1 Å². The van der Waals surface area contributed by atoms with Gasteiger partial charge in [-0.05, 0) is 22.0 Å². The number of anilines is 1. The van der Waals surface area contributed by atoms with Crippen LogP contribution in [0.25, 0.3) is 0 Å². The van der Waals surface area contributed by atoms with Crippen LogP contribution in [0.5, 0.6) is 0 Å². The Bertz CT molecular complexity index is 498. The number of rotatable bonds is 2. The first-order valence-corrected chi connectivity index (χ1v) is 5.92. The van der Waals surface area contributed by atoms with E-state index in [0.29, 0.717) is 28.8 Å². The number of aromatic nitrogens is 1. The molecule has 5 nitrogen and oxygen atoms in total. The smallest absolute Gasteiger partial charge is 0.228 e. The zero-order valence-corrected chi connectivity index (χ0v) is 10.5. The number of carbonyl (C=O) groups is 1. The van der Waals surface area contributed by atoms with Crippen LogP contribution in [-0.2, 0) is 4.79 Å². The Morgan fingerprint density at radius 1 is 1.71 bits per heavy atom. The van der Waals surface area contributed by atoms with Crippen molar-refractivity contribution >= 4 is 27.7 Å². The van der Waals surface area contributed by atoms with Gasteiger partial charge < -0.3 is 5.11 Å². The van der Waals surface area contributed by atoms with E-state index >= 15 is 0 Å². The van der Waals surface area contributed by atoms with Crippen molar-refractivity contribution in [2.45, 2.75) is 6.42 Å². The van der Waals surface area contributed by atoms with Crippen LogP contribution < -0.4 is 4.90 Å². The standard InChI is InChI=1S/C11H10BrN3O2/c12-9-2-8(3-13)11(14-4-9)15-5-7(6-16)1-10(15)17/h2,4,7,16H,1,5-6H2. The SMILES string of the molecule is N#Cc1cc(Br)cnc1N1CC(CO)CC1=O. The molecule has 1 unspecified atom stereocenters. The molecule has 6 heteroatoms. The Morgan fingerprint density at radius 3 is 3.06 bits per heavy atom. The summed E-state index contributed by atoms with van der Waals surface area (Å²) in [5.41, 5.74) is 0.353. The van der Waals surface area contributed by atoms with E-state index in [2.05, 4.69) is 20.9 Å². The van der Waals surface area contributed by atoms with Gasteiger partial charge in [-0.3, -0.25) is 9.69 Å². The third-order valence-corrected chi connectivity index (χ3v) is 3.11. The summed E-state index contributed by atoms with van der Waals surface area (Å²) in [4.78, 5) is 17.3. The lowest BCUT2D eigenvalue weighted by Gasteiger charge is -2.16. The van der Waals surface area contributed by atoms with Crippen LogP contribution in [0.4, 0.5) is 5.82 Å². The molecule has 0 spiro atoms. The van der Waals surface area contributed by atoms with E-state index in [9.17, 15) is 4.79 Å². The number of hydrogen-bond acceptors (Lipinski definition) is 4. The third-order valence-electron chi connectivity index (χ3n) is 2.67. The van der Waals surface area contributed by atoms with Crippen LogP contribution in [0, 0.1) is 17.2 Å². The van der Waals surface area contributed by atoms with Gasteiger partial charge in [-0.25, -0.2) is 4.98 Å². The minimum absolute atomic E-state index is 0.0271. The average Bonchev–Trinajstić information content (AvgIpc) is 2.70. The van der Waals surface area contributed by atoms with Crippen LogP contribution in [0.1, 0.15) is 12.0 Å². The quantitative estimate of drug-likeness (QED) is 0.885. The molecule has 1 fully saturated rings. The van der Waals surface area contributed by atoms with Crippen LogP contribution in [0.3, 0.4) is 0 Å². The lowest BCUT2D eigenvalue weighted by molar-refractivity contribution is -0.117. The lowest BCUT2D eigenvalue weighted by Crippen LogP contribution is -2.26. The highest BCUT2D eigenvalue weighted by Crippen LogP contribution is 2.27. The minimum atomic E-state index is -0.102. The predicted octanol–water partition coefficient (Wildman–Crippen LogP) is 1.06. The van der Waals surface area contributed by atoms with Gasteiger partial charge in [0.2, 0.25) is 5.91 Å². The molecule has 1 aliphatic heterocycles. The van der Waals surface area contributed by atoms with Crippen molar-refractivity contribution < 1.29 is 9.90 Å². The maximum atomic E-state index is 11.8. The summed E-state index contributed by atoms with van der Waals surface area (Å²) in [7, 11) is 0. The molecule has 1 aromatic rings. The highest BCUT2D eigenvalue weighted by molar-refractivity contribution is 9.10. The van der Waals surface area contributed by atoms with Gasteiger partial charge in [0.1, 0.15) is 6.07 Å². The van der Waals surface area contributed by atoms with Gasteiger partial charge in [-0.2, -0.15) is 5.26 Å². The Kier molecular flexibility index (Phi) is 3.41. The second-order valence-corrected chi connectivity index (χ2v) is 4.81. The fourth-order valence-corrected chi connectivity index (χ4v) is 2.17. The lowest BCUT2D eigenvalue weighted by atomic mass is 10.1. The molecule has 1 saturated heterocycles. The predicted molar refractivity (Wildman–Crippen MR) is 64.2 cm³/mol. The number of nitrogens with zero attached hydrogens (tertiary/aromatic N) is 3. The maximum absolute atomic E-state index is 11.8. The molecule has 1 N–H and O–H groups in total. The molecule has 0 bridgehead atoms. The van der Waals surface area contributed by atoms with Gasteiger partial charge in [-0.15, -0.1) is 0 Å². The van der Waals surface area contributed by atoms with Crippen molar-refractivity contribution in [3.05, 3.63) is 22.3 Å². The molecule has 1 aliphatic rings. The van der Waals surface area contributed by atoms with E-state index in [1.165, 1.54) is 4.90 Å². The summed E-state index contributed by atoms with van der Waals surface area (Å²) >= 11 is 3.23. The van der Waals surface area contributed by atoms with E-state index in [0.717, 1.165) is 0 Å². The topological polar surface area (TPSA) is 77.2 Å². The molecule has 1 aromatic heterocycles. The summed E-state index contributed by atoms with van der Waals surface area (Å²) in [5, 5.41) is 18.1. The number of aliphatic hydroxyl groups is 1. The van der Waals surface area contributed by atoms with Gasteiger partial charge in [0.05, 0.1) is 5.56 Å². The molecule has 2 rings (SSSR count). The van der Waals surface area contributed by atoms with Gasteiger partial charge in [0.25, 0.3) is 0 Å². The third kappa shape index (κ3) is 2.30. The highest BCUT2D eigenvalue weighted by Gasteiger charge is 2.32. The Hall–Kier alpha value is -1.45. The summed E-state index contributed by atoms with van der Waals surface area (Å²) < 4.78 is 0.697. The highest BCUT2D eigenvalue weighted by atomic mass is 79.9. The van der Waals surface area contributed by atoms with Crippen molar-refractivity contribution in [1.82, 2.24) is 4.98 Å². The van der Waals surface area contributed by atoms with E-state index in [1.807, 2.05) is 6.07 Å². The number of amides is 1. The fourth-order valence-electron chi connectivity index (χ4n) is 1.84. The molecule has 0 aliphatic carbocycles. The molecule has 2 heterocycles. The zero-order valence-electron chi connectivity index (χ0n) is 8.93. The van der Waals surface area contributed by atoms with E-state index in [-0.39, 0.29) is 18.4 Å². The Balaban J connectivity index is 2.35. The van der Waals surface area contributed by atoms with Crippen molar-refractivity contribution in [3.63, 3.8) is 0 Å². The van der Waals surface area contributed by atoms with E-state index in [1.54, 1.807) is 12.3 Å². The first-order chi connectivity index (χ1) is 8.15. The van der Waals surface area contributed by atoms with Gasteiger partial charge in [0, 0.05) is 36.2 Å². The monoisotopic (exact) mass is 295 g/mol.